The Morgan fingerprint density at radius 1 is 0.861 bits per heavy atom. The van der Waals surface area contributed by atoms with Gasteiger partial charge in [-0.05, 0) is 77.8 Å². The maximum Gasteiger partial charge on any atom is 0.414 e. The van der Waals surface area contributed by atoms with Crippen LogP contribution in [0.2, 0.25) is 0 Å². The average Bonchev–Trinajstić information content (AvgIpc) is 2.74. The lowest BCUT2D eigenvalue weighted by molar-refractivity contribution is 0.0544. The molecular weight excluding hydrogens is 458 g/mol. The summed E-state index contributed by atoms with van der Waals surface area (Å²) in [5, 5.41) is 7.01. The van der Waals surface area contributed by atoms with Crippen molar-refractivity contribution in [2.24, 2.45) is 4.99 Å². The Labute approximate surface area is 212 Å². The van der Waals surface area contributed by atoms with E-state index in [4.69, 9.17) is 9.47 Å². The number of carbonyl (C=O) groups excluding carboxylic acids is 3. The minimum Gasteiger partial charge on any atom is -0.444 e. The smallest absolute Gasteiger partial charge is 0.414 e. The van der Waals surface area contributed by atoms with Crippen LogP contribution in [-0.2, 0) is 9.47 Å². The van der Waals surface area contributed by atoms with Crippen LogP contribution in [0.5, 0.6) is 0 Å². The van der Waals surface area contributed by atoms with E-state index in [1.807, 2.05) is 42.5 Å². The quantitative estimate of drug-likeness (QED) is 0.302. The summed E-state index contributed by atoms with van der Waals surface area (Å²) in [6, 6.07) is 11.8. The second-order valence-corrected chi connectivity index (χ2v) is 10.7. The third kappa shape index (κ3) is 7.66. The molecule has 0 bridgehead atoms. The number of ether oxygens (including phenoxy) is 2. The first kappa shape index (κ1) is 26.9. The summed E-state index contributed by atoms with van der Waals surface area (Å²) in [5.74, 6) is 0.00809. The van der Waals surface area contributed by atoms with Gasteiger partial charge in [0.15, 0.2) is 5.78 Å². The molecule has 8 heteroatoms. The molecular formula is C28H35N3O5. The summed E-state index contributed by atoms with van der Waals surface area (Å²) in [6.07, 6.45) is 2.47. The number of benzene rings is 2. The van der Waals surface area contributed by atoms with Gasteiger partial charge in [-0.15, -0.1) is 0 Å². The standard InChI is InChI=1S/C28H35N3O5/c1-27(2,3)35-25(33)30-24(31-26(34)36-28(4,5)6)29-16-8-7-11-20-17-19-14-9-12-18-13-10-15-21(22(18)19)23(20)32/h9-10,12-15,17H,7-8,11,16H2,1-6H3,(H2,29,30,31,33,34). The monoisotopic (exact) mass is 493 g/mol. The summed E-state index contributed by atoms with van der Waals surface area (Å²) in [4.78, 5) is 41.7. The lowest BCUT2D eigenvalue weighted by Gasteiger charge is -2.22. The second-order valence-electron chi connectivity index (χ2n) is 10.7. The number of alkyl carbamates (subject to hydrolysis) is 2. The second kappa shape index (κ2) is 10.9. The van der Waals surface area contributed by atoms with Gasteiger partial charge in [0.05, 0.1) is 0 Å². The molecule has 1 aliphatic rings. The topological polar surface area (TPSA) is 106 Å². The summed E-state index contributed by atoms with van der Waals surface area (Å²) in [5.41, 5.74) is 1.16. The van der Waals surface area contributed by atoms with Crippen molar-refractivity contribution in [3.05, 3.63) is 53.1 Å². The Morgan fingerprint density at radius 3 is 2.03 bits per heavy atom. The molecule has 2 N–H and O–H groups in total. The Morgan fingerprint density at radius 2 is 1.44 bits per heavy atom. The van der Waals surface area contributed by atoms with Gasteiger partial charge in [0.25, 0.3) is 0 Å². The van der Waals surface area contributed by atoms with E-state index in [1.165, 1.54) is 0 Å². The number of guanidine groups is 1. The highest BCUT2D eigenvalue weighted by molar-refractivity contribution is 6.22. The fraction of sp³-hybridized carbons (Fsp3) is 0.429. The molecule has 0 fully saturated rings. The molecule has 2 aromatic rings. The number of allylic oxidation sites excluding steroid dienone is 1. The highest BCUT2D eigenvalue weighted by Crippen LogP contribution is 2.32. The number of amides is 2. The fourth-order valence-corrected chi connectivity index (χ4v) is 3.82. The van der Waals surface area contributed by atoms with Gasteiger partial charge < -0.3 is 9.47 Å². The maximum atomic E-state index is 13.0. The number of hydrogen-bond donors (Lipinski definition) is 2. The Bertz CT molecular complexity index is 1180. The number of rotatable bonds is 5. The zero-order valence-electron chi connectivity index (χ0n) is 21.9. The lowest BCUT2D eigenvalue weighted by atomic mass is 9.86. The van der Waals surface area contributed by atoms with Crippen LogP contribution < -0.4 is 10.6 Å². The van der Waals surface area contributed by atoms with E-state index in [9.17, 15) is 14.4 Å². The minimum atomic E-state index is -0.733. The van der Waals surface area contributed by atoms with E-state index in [0.717, 1.165) is 27.5 Å². The number of nitrogens with zero attached hydrogens (tertiary/aromatic N) is 1. The van der Waals surface area contributed by atoms with Crippen LogP contribution in [0.1, 0.15) is 76.7 Å². The highest BCUT2D eigenvalue weighted by Gasteiger charge is 2.22. The summed E-state index contributed by atoms with van der Waals surface area (Å²) in [7, 11) is 0. The van der Waals surface area contributed by atoms with Crippen LogP contribution in [0.25, 0.3) is 16.8 Å². The first-order valence-corrected chi connectivity index (χ1v) is 12.1. The predicted molar refractivity (Wildman–Crippen MR) is 141 cm³/mol. The number of Topliss-reactive ketones (excluding diaryl/α,β-unsaturated/α-hetero) is 1. The van der Waals surface area contributed by atoms with Gasteiger partial charge in [0.2, 0.25) is 5.96 Å². The summed E-state index contributed by atoms with van der Waals surface area (Å²) < 4.78 is 10.5. The van der Waals surface area contributed by atoms with Crippen LogP contribution in [0.3, 0.4) is 0 Å². The van der Waals surface area contributed by atoms with Crippen molar-refractivity contribution >= 4 is 40.8 Å². The molecule has 0 unspecified atom stereocenters. The number of hydrogen-bond acceptors (Lipinski definition) is 6. The van der Waals surface area contributed by atoms with E-state index < -0.39 is 23.4 Å². The van der Waals surface area contributed by atoms with Crippen molar-refractivity contribution in [1.82, 2.24) is 10.6 Å². The highest BCUT2D eigenvalue weighted by atomic mass is 16.6. The average molecular weight is 494 g/mol. The SMILES string of the molecule is CC(C)(C)OC(=O)NC(=NCCCCC1=Cc2cccc3cccc(c23)C1=O)NC(=O)OC(C)(C)C. The van der Waals surface area contributed by atoms with Gasteiger partial charge in [-0.2, -0.15) is 0 Å². The Kier molecular flexibility index (Phi) is 8.17. The van der Waals surface area contributed by atoms with Gasteiger partial charge in [-0.25, -0.2) is 9.59 Å². The first-order valence-electron chi connectivity index (χ1n) is 12.1. The van der Waals surface area contributed by atoms with Gasteiger partial charge in [-0.3, -0.25) is 20.4 Å². The molecule has 192 valence electrons. The normalized spacial score (nSPS) is 13.1. The molecule has 2 amide bonds. The lowest BCUT2D eigenvalue weighted by Crippen LogP contribution is -2.47. The van der Waals surface area contributed by atoms with Crippen molar-refractivity contribution < 1.29 is 23.9 Å². The van der Waals surface area contributed by atoms with Crippen molar-refractivity contribution in [3.8, 4) is 0 Å². The number of aliphatic imine (C=N–C) groups is 1. The molecule has 1 aliphatic carbocycles. The Balaban J connectivity index is 1.61. The molecule has 2 aromatic carbocycles. The number of nitrogens with one attached hydrogen (secondary N) is 2. The third-order valence-electron chi connectivity index (χ3n) is 5.17. The molecule has 0 spiro atoms. The van der Waals surface area contributed by atoms with Crippen LogP contribution >= 0.6 is 0 Å². The van der Waals surface area contributed by atoms with E-state index in [2.05, 4.69) is 15.6 Å². The number of carbonyl (C=O) groups is 3. The van der Waals surface area contributed by atoms with Crippen molar-refractivity contribution in [3.63, 3.8) is 0 Å². The van der Waals surface area contributed by atoms with Gasteiger partial charge in [0.1, 0.15) is 11.2 Å². The first-order chi connectivity index (χ1) is 16.8. The van der Waals surface area contributed by atoms with Gasteiger partial charge in [-0.1, -0.05) is 36.4 Å². The molecule has 3 rings (SSSR count). The van der Waals surface area contributed by atoms with Crippen LogP contribution in [-0.4, -0.2) is 41.7 Å². The van der Waals surface area contributed by atoms with E-state index in [1.54, 1.807) is 41.5 Å². The Hall–Kier alpha value is -3.68. The zero-order valence-corrected chi connectivity index (χ0v) is 21.9. The van der Waals surface area contributed by atoms with Gasteiger partial charge in [0, 0.05) is 23.1 Å². The predicted octanol–water partition coefficient (Wildman–Crippen LogP) is 6.00. The zero-order chi connectivity index (χ0) is 26.5. The molecule has 36 heavy (non-hydrogen) atoms. The molecule has 0 aromatic heterocycles. The minimum absolute atomic E-state index is 0.0490. The van der Waals surface area contributed by atoms with E-state index in [0.29, 0.717) is 25.8 Å². The third-order valence-corrected chi connectivity index (χ3v) is 5.17. The van der Waals surface area contributed by atoms with Crippen LogP contribution in [0.4, 0.5) is 9.59 Å². The van der Waals surface area contributed by atoms with E-state index in [-0.39, 0.29) is 11.7 Å². The van der Waals surface area contributed by atoms with Crippen LogP contribution in [0.15, 0.2) is 47.0 Å². The summed E-state index contributed by atoms with van der Waals surface area (Å²) >= 11 is 0. The van der Waals surface area contributed by atoms with E-state index >= 15 is 0 Å². The molecule has 0 aliphatic heterocycles. The molecule has 0 saturated carbocycles. The van der Waals surface area contributed by atoms with Crippen molar-refractivity contribution in [2.75, 3.05) is 6.54 Å². The number of ketones is 1. The molecule has 0 saturated heterocycles. The maximum absolute atomic E-state index is 13.0. The summed E-state index contributed by atoms with van der Waals surface area (Å²) in [6.45, 7) is 10.8. The van der Waals surface area contributed by atoms with Crippen LogP contribution in [0, 0.1) is 0 Å². The molecule has 0 heterocycles. The van der Waals surface area contributed by atoms with Gasteiger partial charge >= 0.3 is 12.2 Å². The largest absolute Gasteiger partial charge is 0.444 e. The van der Waals surface area contributed by atoms with Crippen molar-refractivity contribution in [1.29, 1.82) is 0 Å². The fourth-order valence-electron chi connectivity index (χ4n) is 3.82. The number of unbranched alkanes of at least 4 members (excludes halogenated alkanes) is 1. The molecule has 0 radical (unpaired) electrons. The molecule has 0 atom stereocenters. The van der Waals surface area contributed by atoms with Crippen molar-refractivity contribution in [2.45, 2.75) is 72.0 Å². The molecule has 8 nitrogen and oxygen atoms in total.